The van der Waals surface area contributed by atoms with E-state index in [-0.39, 0.29) is 13.2 Å². The second kappa shape index (κ2) is 12.9. The van der Waals surface area contributed by atoms with Crippen molar-refractivity contribution >= 4 is 6.09 Å². The molecule has 29 heavy (non-hydrogen) atoms. The van der Waals surface area contributed by atoms with Gasteiger partial charge in [-0.25, -0.2) is 4.79 Å². The highest BCUT2D eigenvalue weighted by molar-refractivity contribution is 5.68. The summed E-state index contributed by atoms with van der Waals surface area (Å²) in [5, 5.41) is 22.2. The highest BCUT2D eigenvalue weighted by Crippen LogP contribution is 2.18. The zero-order chi connectivity index (χ0) is 21.8. The third-order valence-corrected chi connectivity index (χ3v) is 5.11. The summed E-state index contributed by atoms with van der Waals surface area (Å²) in [6.45, 7) is 6.87. The van der Waals surface area contributed by atoms with Crippen LogP contribution in [0, 0.1) is 0 Å². The number of benzene rings is 1. The van der Waals surface area contributed by atoms with E-state index in [4.69, 9.17) is 4.74 Å². The highest BCUT2D eigenvalue weighted by Gasteiger charge is 2.32. The summed E-state index contributed by atoms with van der Waals surface area (Å²) < 4.78 is 5.26. The molecule has 0 aromatic heterocycles. The fourth-order valence-corrected chi connectivity index (χ4v) is 3.24. The van der Waals surface area contributed by atoms with Crippen LogP contribution >= 0.6 is 0 Å². The lowest BCUT2D eigenvalue weighted by Crippen LogP contribution is -2.55. The minimum Gasteiger partial charge on any atom is -0.444 e. The van der Waals surface area contributed by atoms with Crippen molar-refractivity contribution in [3.63, 3.8) is 0 Å². The number of nitrogens with one attached hydrogen (secondary N) is 1. The average molecular weight is 408 g/mol. The molecule has 1 amide bonds. The molecule has 1 aromatic carbocycles. The van der Waals surface area contributed by atoms with Crippen molar-refractivity contribution in [1.29, 1.82) is 0 Å². The number of alkyl carbamates (subject to hydrolysis) is 1. The highest BCUT2D eigenvalue weighted by atomic mass is 16.6. The molecule has 0 saturated heterocycles. The molecule has 3 N–H and O–H groups in total. The van der Waals surface area contributed by atoms with Crippen molar-refractivity contribution in [3.8, 4) is 0 Å². The summed E-state index contributed by atoms with van der Waals surface area (Å²) in [5.41, 5.74) is 0.729. The molecular weight excluding hydrogens is 366 g/mol. The lowest BCUT2D eigenvalue weighted by atomic mass is 9.92. The Morgan fingerprint density at radius 1 is 0.897 bits per heavy atom. The van der Waals surface area contributed by atoms with Crippen LogP contribution in [-0.4, -0.2) is 40.7 Å². The predicted octanol–water partition coefficient (Wildman–Crippen LogP) is 4.77. The smallest absolute Gasteiger partial charge is 0.408 e. The van der Waals surface area contributed by atoms with Crippen molar-refractivity contribution in [2.45, 2.75) is 96.6 Å². The Labute approximate surface area is 176 Å². The summed E-state index contributed by atoms with van der Waals surface area (Å²) >= 11 is 0. The van der Waals surface area contributed by atoms with Gasteiger partial charge in [-0.05, 0) is 57.6 Å². The molecular formula is C24H41NO4. The second-order valence-electron chi connectivity index (χ2n) is 9.06. The van der Waals surface area contributed by atoms with Crippen molar-refractivity contribution in [2.24, 2.45) is 0 Å². The van der Waals surface area contributed by atoms with E-state index >= 15 is 0 Å². The molecule has 5 heteroatoms. The van der Waals surface area contributed by atoms with Crippen molar-refractivity contribution in [1.82, 2.24) is 5.32 Å². The van der Waals surface area contributed by atoms with E-state index in [0.29, 0.717) is 12.8 Å². The first-order valence-corrected chi connectivity index (χ1v) is 11.0. The molecule has 0 aliphatic rings. The number of hydrogen-bond acceptors (Lipinski definition) is 4. The molecule has 0 aliphatic heterocycles. The maximum Gasteiger partial charge on any atom is 0.408 e. The molecule has 1 aromatic rings. The Balaban J connectivity index is 2.50. The van der Waals surface area contributed by atoms with E-state index in [9.17, 15) is 15.0 Å². The van der Waals surface area contributed by atoms with E-state index in [0.717, 1.165) is 12.0 Å². The van der Waals surface area contributed by atoms with Gasteiger partial charge in [-0.15, -0.1) is 0 Å². The van der Waals surface area contributed by atoms with Gasteiger partial charge in [0.15, 0.2) is 0 Å². The molecule has 0 radical (unpaired) electrons. The standard InChI is InChI=1S/C24H41NO4/c1-5-6-7-8-9-10-11-20-12-14-21(15-13-20)16-17-24(18-26,19-27)25-22(28)29-23(2,3)4/h12-15,26-27H,5-11,16-19H2,1-4H3,(H,25,28). The Morgan fingerprint density at radius 2 is 1.41 bits per heavy atom. The molecule has 0 heterocycles. The summed E-state index contributed by atoms with van der Waals surface area (Å²) in [5.74, 6) is 0. The lowest BCUT2D eigenvalue weighted by molar-refractivity contribution is 0.0276. The van der Waals surface area contributed by atoms with E-state index < -0.39 is 17.2 Å². The maximum absolute atomic E-state index is 12.1. The second-order valence-corrected chi connectivity index (χ2v) is 9.06. The minimum absolute atomic E-state index is 0.348. The van der Waals surface area contributed by atoms with Gasteiger partial charge in [0, 0.05) is 0 Å². The largest absolute Gasteiger partial charge is 0.444 e. The molecule has 5 nitrogen and oxygen atoms in total. The summed E-state index contributed by atoms with van der Waals surface area (Å²) in [4.78, 5) is 12.1. The average Bonchev–Trinajstić information content (AvgIpc) is 2.67. The molecule has 0 bridgehead atoms. The van der Waals surface area contributed by atoms with Crippen LogP contribution < -0.4 is 5.32 Å². The molecule has 0 saturated carbocycles. The number of hydrogen-bond donors (Lipinski definition) is 3. The first-order valence-electron chi connectivity index (χ1n) is 11.0. The number of amides is 1. The number of ether oxygens (including phenoxy) is 1. The fraction of sp³-hybridized carbons (Fsp3) is 0.708. The topological polar surface area (TPSA) is 78.8 Å². The third-order valence-electron chi connectivity index (χ3n) is 5.11. The van der Waals surface area contributed by atoms with Crippen molar-refractivity contribution in [2.75, 3.05) is 13.2 Å². The SMILES string of the molecule is CCCCCCCCc1ccc(CCC(CO)(CO)NC(=O)OC(C)(C)C)cc1. The van der Waals surface area contributed by atoms with E-state index in [1.165, 1.54) is 44.1 Å². The van der Waals surface area contributed by atoms with Gasteiger partial charge in [-0.1, -0.05) is 63.3 Å². The summed E-state index contributed by atoms with van der Waals surface area (Å²) in [6, 6.07) is 8.50. The summed E-state index contributed by atoms with van der Waals surface area (Å²) in [7, 11) is 0. The monoisotopic (exact) mass is 407 g/mol. The van der Waals surface area contributed by atoms with Crippen molar-refractivity contribution in [3.05, 3.63) is 35.4 Å². The van der Waals surface area contributed by atoms with Crippen LogP contribution in [0.15, 0.2) is 24.3 Å². The Kier molecular flexibility index (Phi) is 11.3. The first-order chi connectivity index (χ1) is 13.7. The number of aliphatic hydroxyl groups is 2. The minimum atomic E-state index is -1.10. The van der Waals surface area contributed by atoms with E-state index in [1.54, 1.807) is 20.8 Å². The van der Waals surface area contributed by atoms with Gasteiger partial charge < -0.3 is 20.3 Å². The Bertz CT molecular complexity index is 574. The number of carbonyl (C=O) groups is 1. The fourth-order valence-electron chi connectivity index (χ4n) is 3.24. The predicted molar refractivity (Wildman–Crippen MR) is 118 cm³/mol. The lowest BCUT2D eigenvalue weighted by Gasteiger charge is -2.32. The molecule has 0 unspecified atom stereocenters. The zero-order valence-electron chi connectivity index (χ0n) is 18.8. The zero-order valence-corrected chi connectivity index (χ0v) is 18.8. The van der Waals surface area contributed by atoms with Crippen LogP contribution in [0.5, 0.6) is 0 Å². The maximum atomic E-state index is 12.1. The Morgan fingerprint density at radius 3 is 1.93 bits per heavy atom. The summed E-state index contributed by atoms with van der Waals surface area (Å²) in [6.07, 6.45) is 9.33. The number of rotatable bonds is 13. The van der Waals surface area contributed by atoms with Gasteiger partial charge >= 0.3 is 6.09 Å². The molecule has 166 valence electrons. The van der Waals surface area contributed by atoms with Crippen LogP contribution in [0.4, 0.5) is 4.79 Å². The van der Waals surface area contributed by atoms with E-state index in [1.807, 2.05) is 0 Å². The normalized spacial score (nSPS) is 12.1. The third kappa shape index (κ3) is 10.7. The van der Waals surface area contributed by atoms with E-state index in [2.05, 4.69) is 36.5 Å². The van der Waals surface area contributed by atoms with Crippen LogP contribution in [0.2, 0.25) is 0 Å². The van der Waals surface area contributed by atoms with Gasteiger partial charge in [-0.3, -0.25) is 0 Å². The molecule has 0 atom stereocenters. The van der Waals surface area contributed by atoms with Gasteiger partial charge in [0.2, 0.25) is 0 Å². The quantitative estimate of drug-likeness (QED) is 0.412. The first kappa shape index (κ1) is 25.4. The number of carbonyl (C=O) groups excluding carboxylic acids is 1. The van der Waals surface area contributed by atoms with Crippen LogP contribution in [0.3, 0.4) is 0 Å². The van der Waals surface area contributed by atoms with Gasteiger partial charge in [0.25, 0.3) is 0 Å². The molecule has 1 rings (SSSR count). The van der Waals surface area contributed by atoms with Crippen molar-refractivity contribution < 1.29 is 19.7 Å². The van der Waals surface area contributed by atoms with Gasteiger partial charge in [-0.2, -0.15) is 0 Å². The molecule has 0 fully saturated rings. The van der Waals surface area contributed by atoms with Crippen LogP contribution in [0.25, 0.3) is 0 Å². The molecule has 0 aliphatic carbocycles. The van der Waals surface area contributed by atoms with Gasteiger partial charge in [0.1, 0.15) is 5.60 Å². The number of aryl methyl sites for hydroxylation is 2. The van der Waals surface area contributed by atoms with Crippen LogP contribution in [-0.2, 0) is 17.6 Å². The van der Waals surface area contributed by atoms with Gasteiger partial charge in [0.05, 0.1) is 18.8 Å². The number of aliphatic hydroxyl groups excluding tert-OH is 2. The Hall–Kier alpha value is -1.59. The van der Waals surface area contributed by atoms with Crippen LogP contribution in [0.1, 0.15) is 83.8 Å². The number of unbranched alkanes of at least 4 members (excludes halogenated alkanes) is 5. The molecule has 0 spiro atoms.